The number of halogens is 1. The summed E-state index contributed by atoms with van der Waals surface area (Å²) >= 11 is 7.19. The number of hydrogen-bond donors (Lipinski definition) is 1. The number of nitrogen functional groups attached to an aromatic ring is 1. The lowest BCUT2D eigenvalue weighted by atomic mass is 9.94. The number of nitrogens with two attached hydrogens (primary N) is 1. The Morgan fingerprint density at radius 1 is 1.09 bits per heavy atom. The van der Waals surface area contributed by atoms with Crippen LogP contribution in [-0.2, 0) is 4.74 Å². The van der Waals surface area contributed by atoms with E-state index in [2.05, 4.69) is 4.98 Å². The molecule has 0 aliphatic heterocycles. The van der Waals surface area contributed by atoms with Gasteiger partial charge >= 0.3 is 5.97 Å². The number of anilines is 2. The second-order valence-corrected chi connectivity index (χ2v) is 9.41. The van der Waals surface area contributed by atoms with Gasteiger partial charge in [-0.2, -0.15) is 0 Å². The molecule has 0 atom stereocenters. The standard InChI is InChI=1S/C26H24ClN3O3S/c1-5-33-26(32)19-14(2)29-25-21(20(19)15-8-12-18(13-9-15)30(3)4)22(28)24(34-25)23(31)16-6-10-17(27)11-7-16/h6-13H,5,28H2,1-4H3. The third-order valence-corrected chi connectivity index (χ3v) is 6.87. The number of ketones is 1. The van der Waals surface area contributed by atoms with Crippen molar-refractivity contribution in [3.8, 4) is 11.1 Å². The van der Waals surface area contributed by atoms with Crippen LogP contribution in [0.5, 0.6) is 0 Å². The molecule has 6 nitrogen and oxygen atoms in total. The number of carbonyl (C=O) groups excluding carboxylic acids is 2. The first-order valence-corrected chi connectivity index (χ1v) is 11.9. The molecule has 2 N–H and O–H groups in total. The minimum Gasteiger partial charge on any atom is -0.462 e. The first-order chi connectivity index (χ1) is 16.2. The van der Waals surface area contributed by atoms with Gasteiger partial charge in [0.25, 0.3) is 0 Å². The fraction of sp³-hybridized carbons (Fsp3) is 0.192. The Labute approximate surface area is 206 Å². The molecule has 0 bridgehead atoms. The second kappa shape index (κ2) is 9.44. The number of thiophene rings is 1. The Bertz CT molecular complexity index is 1390. The summed E-state index contributed by atoms with van der Waals surface area (Å²) in [6.45, 7) is 3.75. The van der Waals surface area contributed by atoms with Crippen LogP contribution in [0.1, 0.15) is 38.2 Å². The predicted molar refractivity (Wildman–Crippen MR) is 139 cm³/mol. The maximum absolute atomic E-state index is 13.3. The van der Waals surface area contributed by atoms with E-state index in [-0.39, 0.29) is 12.4 Å². The Balaban J connectivity index is 1.99. The quantitative estimate of drug-likeness (QED) is 0.262. The zero-order valence-corrected chi connectivity index (χ0v) is 20.9. The molecule has 2 aromatic heterocycles. The van der Waals surface area contributed by atoms with E-state index in [9.17, 15) is 9.59 Å². The van der Waals surface area contributed by atoms with E-state index in [4.69, 9.17) is 22.1 Å². The Hall–Kier alpha value is -3.42. The highest BCUT2D eigenvalue weighted by Gasteiger charge is 2.27. The molecule has 4 aromatic rings. The molecular weight excluding hydrogens is 470 g/mol. The van der Waals surface area contributed by atoms with E-state index in [0.717, 1.165) is 11.3 Å². The Kier molecular flexibility index (Phi) is 6.59. The lowest BCUT2D eigenvalue weighted by molar-refractivity contribution is 0.0526. The zero-order valence-electron chi connectivity index (χ0n) is 19.3. The van der Waals surface area contributed by atoms with Gasteiger partial charge < -0.3 is 15.4 Å². The number of rotatable bonds is 6. The van der Waals surface area contributed by atoms with E-state index < -0.39 is 5.97 Å². The normalized spacial score (nSPS) is 11.0. The van der Waals surface area contributed by atoms with Crippen molar-refractivity contribution in [2.45, 2.75) is 13.8 Å². The average molecular weight is 494 g/mol. The van der Waals surface area contributed by atoms with Crippen LogP contribution in [0.25, 0.3) is 21.3 Å². The zero-order chi connectivity index (χ0) is 24.6. The van der Waals surface area contributed by atoms with Crippen LogP contribution in [-0.4, -0.2) is 37.4 Å². The number of carbonyl (C=O) groups is 2. The van der Waals surface area contributed by atoms with Crippen molar-refractivity contribution in [1.29, 1.82) is 0 Å². The van der Waals surface area contributed by atoms with Gasteiger partial charge in [0.2, 0.25) is 5.78 Å². The van der Waals surface area contributed by atoms with Gasteiger partial charge in [0.05, 0.1) is 23.6 Å². The molecule has 2 heterocycles. The molecular formula is C26H24ClN3O3S. The van der Waals surface area contributed by atoms with Gasteiger partial charge in [-0.15, -0.1) is 11.3 Å². The van der Waals surface area contributed by atoms with Gasteiger partial charge in [0.1, 0.15) is 9.71 Å². The summed E-state index contributed by atoms with van der Waals surface area (Å²) in [5.74, 6) is -0.696. The molecule has 8 heteroatoms. The fourth-order valence-electron chi connectivity index (χ4n) is 3.83. The smallest absolute Gasteiger partial charge is 0.340 e. The molecule has 2 aromatic carbocycles. The molecule has 0 aliphatic carbocycles. The fourth-order valence-corrected chi connectivity index (χ4v) is 5.07. The summed E-state index contributed by atoms with van der Waals surface area (Å²) in [7, 11) is 3.92. The first kappa shape index (κ1) is 23.7. The van der Waals surface area contributed by atoms with Gasteiger partial charge in [-0.05, 0) is 55.8 Å². The van der Waals surface area contributed by atoms with Crippen LogP contribution >= 0.6 is 22.9 Å². The first-order valence-electron chi connectivity index (χ1n) is 10.7. The van der Waals surface area contributed by atoms with Gasteiger partial charge in [-0.1, -0.05) is 23.7 Å². The molecule has 0 saturated carbocycles. The molecule has 4 rings (SSSR count). The van der Waals surface area contributed by atoms with Crippen molar-refractivity contribution in [1.82, 2.24) is 4.98 Å². The van der Waals surface area contributed by atoms with Crippen LogP contribution < -0.4 is 10.6 Å². The molecule has 0 radical (unpaired) electrons. The molecule has 0 fully saturated rings. The monoisotopic (exact) mass is 493 g/mol. The molecule has 0 aliphatic rings. The highest BCUT2D eigenvalue weighted by Crippen LogP contribution is 2.43. The molecule has 34 heavy (non-hydrogen) atoms. The number of pyridine rings is 1. The number of esters is 1. The van der Waals surface area contributed by atoms with Gasteiger partial charge in [-0.3, -0.25) is 4.79 Å². The number of aryl methyl sites for hydroxylation is 1. The van der Waals surface area contributed by atoms with Crippen molar-refractivity contribution >= 4 is 56.3 Å². The molecule has 174 valence electrons. The van der Waals surface area contributed by atoms with E-state index in [1.807, 2.05) is 43.3 Å². The predicted octanol–water partition coefficient (Wildman–Crippen LogP) is 5.98. The van der Waals surface area contributed by atoms with Crippen molar-refractivity contribution in [2.75, 3.05) is 31.3 Å². The van der Waals surface area contributed by atoms with E-state index in [1.165, 1.54) is 11.3 Å². The summed E-state index contributed by atoms with van der Waals surface area (Å²) in [5, 5.41) is 1.12. The minimum atomic E-state index is -0.475. The SMILES string of the molecule is CCOC(=O)c1c(C)nc2sc(C(=O)c3ccc(Cl)cc3)c(N)c2c1-c1ccc(N(C)C)cc1. The van der Waals surface area contributed by atoms with Crippen molar-refractivity contribution in [2.24, 2.45) is 0 Å². The van der Waals surface area contributed by atoms with Gasteiger partial charge in [0.15, 0.2) is 0 Å². The summed E-state index contributed by atoms with van der Waals surface area (Å²) < 4.78 is 5.35. The number of ether oxygens (including phenoxy) is 1. The summed E-state index contributed by atoms with van der Waals surface area (Å²) in [5.41, 5.74) is 10.6. The molecule has 0 unspecified atom stereocenters. The minimum absolute atomic E-state index is 0.221. The Morgan fingerprint density at radius 3 is 2.32 bits per heavy atom. The third kappa shape index (κ3) is 4.24. The lowest BCUT2D eigenvalue weighted by Crippen LogP contribution is -2.11. The highest BCUT2D eigenvalue weighted by molar-refractivity contribution is 7.21. The number of benzene rings is 2. The van der Waals surface area contributed by atoms with Crippen LogP contribution in [0.2, 0.25) is 5.02 Å². The number of hydrogen-bond acceptors (Lipinski definition) is 7. The second-order valence-electron chi connectivity index (χ2n) is 7.97. The largest absolute Gasteiger partial charge is 0.462 e. The molecule has 0 amide bonds. The van der Waals surface area contributed by atoms with E-state index in [1.54, 1.807) is 38.1 Å². The molecule has 0 saturated heterocycles. The van der Waals surface area contributed by atoms with Gasteiger partial charge in [-0.25, -0.2) is 9.78 Å². The number of fused-ring (bicyclic) bond motifs is 1. The average Bonchev–Trinajstić information content (AvgIpc) is 3.14. The maximum Gasteiger partial charge on any atom is 0.340 e. The Morgan fingerprint density at radius 2 is 1.74 bits per heavy atom. The number of nitrogens with zero attached hydrogens (tertiary/aromatic N) is 2. The van der Waals surface area contributed by atoms with E-state index >= 15 is 0 Å². The molecule has 0 spiro atoms. The van der Waals surface area contributed by atoms with Crippen molar-refractivity contribution in [3.63, 3.8) is 0 Å². The van der Waals surface area contributed by atoms with Crippen molar-refractivity contribution in [3.05, 3.63) is 75.3 Å². The highest BCUT2D eigenvalue weighted by atomic mass is 35.5. The van der Waals surface area contributed by atoms with Crippen LogP contribution in [0, 0.1) is 6.92 Å². The van der Waals surface area contributed by atoms with Crippen LogP contribution in [0.15, 0.2) is 48.5 Å². The van der Waals surface area contributed by atoms with Crippen molar-refractivity contribution < 1.29 is 14.3 Å². The number of aromatic nitrogens is 1. The summed E-state index contributed by atoms with van der Waals surface area (Å²) in [6, 6.07) is 14.5. The van der Waals surface area contributed by atoms with Gasteiger partial charge in [0, 0.05) is 41.3 Å². The lowest BCUT2D eigenvalue weighted by Gasteiger charge is -2.16. The topological polar surface area (TPSA) is 85.5 Å². The third-order valence-electron chi connectivity index (χ3n) is 5.52. The summed E-state index contributed by atoms with van der Waals surface area (Å²) in [4.78, 5) is 33.9. The summed E-state index contributed by atoms with van der Waals surface area (Å²) in [6.07, 6.45) is 0. The van der Waals surface area contributed by atoms with Crippen LogP contribution in [0.4, 0.5) is 11.4 Å². The van der Waals surface area contributed by atoms with Crippen LogP contribution in [0.3, 0.4) is 0 Å². The van der Waals surface area contributed by atoms with E-state index in [0.29, 0.717) is 48.2 Å². The maximum atomic E-state index is 13.3.